The molecular weight excluding hydrogens is 500 g/mol. The summed E-state index contributed by atoms with van der Waals surface area (Å²) in [6, 6.07) is 20.5. The van der Waals surface area contributed by atoms with Gasteiger partial charge in [0.2, 0.25) is 5.91 Å². The molecule has 0 aliphatic carbocycles. The number of aryl methyl sites for hydroxylation is 1. The smallest absolute Gasteiger partial charge is 0.257 e. The van der Waals surface area contributed by atoms with Crippen molar-refractivity contribution in [3.05, 3.63) is 94.0 Å². The maximum atomic E-state index is 12.5. The molecule has 3 aromatic carbocycles. The molecular formula is C26H19ClN4O2S2. The van der Waals surface area contributed by atoms with Crippen molar-refractivity contribution >= 4 is 67.1 Å². The van der Waals surface area contributed by atoms with Gasteiger partial charge in [-0.3, -0.25) is 14.9 Å². The van der Waals surface area contributed by atoms with Gasteiger partial charge in [0, 0.05) is 27.2 Å². The van der Waals surface area contributed by atoms with Gasteiger partial charge in [-0.2, -0.15) is 0 Å². The van der Waals surface area contributed by atoms with Crippen LogP contribution in [0.5, 0.6) is 0 Å². The van der Waals surface area contributed by atoms with E-state index in [1.807, 2.05) is 30.3 Å². The highest BCUT2D eigenvalue weighted by atomic mass is 35.5. The number of carbonyl (C=O) groups is 2. The molecule has 2 amide bonds. The molecule has 0 spiro atoms. The topological polar surface area (TPSA) is 84.0 Å². The number of halogens is 1. The summed E-state index contributed by atoms with van der Waals surface area (Å²) in [6.45, 7) is 2.07. The van der Waals surface area contributed by atoms with E-state index in [0.29, 0.717) is 27.1 Å². The molecule has 174 valence electrons. The fourth-order valence-corrected chi connectivity index (χ4v) is 5.34. The van der Waals surface area contributed by atoms with Crippen LogP contribution in [-0.2, 0) is 11.2 Å². The quantitative estimate of drug-likeness (QED) is 0.258. The molecule has 0 aliphatic rings. The predicted octanol–water partition coefficient (Wildman–Crippen LogP) is 6.82. The maximum absolute atomic E-state index is 12.5. The van der Waals surface area contributed by atoms with E-state index >= 15 is 0 Å². The highest BCUT2D eigenvalue weighted by molar-refractivity contribution is 7.21. The van der Waals surface area contributed by atoms with Crippen LogP contribution in [0.3, 0.4) is 0 Å². The lowest BCUT2D eigenvalue weighted by atomic mass is 10.2. The van der Waals surface area contributed by atoms with Crippen LogP contribution in [0.25, 0.3) is 20.8 Å². The molecule has 0 saturated carbocycles. The Morgan fingerprint density at radius 1 is 0.943 bits per heavy atom. The Hall–Kier alpha value is -3.59. The van der Waals surface area contributed by atoms with Crippen LogP contribution in [0.2, 0.25) is 5.02 Å². The Kier molecular flexibility index (Phi) is 6.59. The average Bonchev–Trinajstić information content (AvgIpc) is 3.46. The molecule has 5 rings (SSSR count). The molecule has 2 heterocycles. The molecule has 0 saturated heterocycles. The second-order valence-corrected chi connectivity index (χ2v) is 10.2. The Morgan fingerprint density at radius 2 is 1.71 bits per heavy atom. The lowest BCUT2D eigenvalue weighted by molar-refractivity contribution is -0.115. The zero-order valence-corrected chi connectivity index (χ0v) is 20.9. The van der Waals surface area contributed by atoms with E-state index in [1.54, 1.807) is 41.0 Å². The van der Waals surface area contributed by atoms with Gasteiger partial charge in [-0.25, -0.2) is 9.97 Å². The second kappa shape index (κ2) is 9.95. The summed E-state index contributed by atoms with van der Waals surface area (Å²) < 4.78 is 1.16. The molecule has 5 aromatic rings. The number of nitrogens with one attached hydrogen (secondary N) is 2. The first kappa shape index (κ1) is 23.2. The number of hydrogen-bond donors (Lipinski definition) is 2. The van der Waals surface area contributed by atoms with E-state index in [9.17, 15) is 9.59 Å². The summed E-state index contributed by atoms with van der Waals surface area (Å²) in [4.78, 5) is 33.9. The number of anilines is 2. The number of carbonyl (C=O) groups excluding carboxylic acids is 2. The molecule has 0 atom stereocenters. The monoisotopic (exact) mass is 518 g/mol. The molecule has 2 aromatic heterocycles. The molecule has 35 heavy (non-hydrogen) atoms. The summed E-state index contributed by atoms with van der Waals surface area (Å²) in [5.41, 5.74) is 4.96. The van der Waals surface area contributed by atoms with Crippen LogP contribution < -0.4 is 10.6 Å². The van der Waals surface area contributed by atoms with Gasteiger partial charge in [0.05, 0.1) is 22.3 Å². The fraction of sp³-hybridized carbons (Fsp3) is 0.0769. The van der Waals surface area contributed by atoms with E-state index in [2.05, 4.69) is 34.7 Å². The highest BCUT2D eigenvalue weighted by Crippen LogP contribution is 2.31. The molecule has 0 aliphatic heterocycles. The maximum Gasteiger partial charge on any atom is 0.257 e. The molecule has 0 fully saturated rings. The minimum Gasteiger partial charge on any atom is -0.326 e. The van der Waals surface area contributed by atoms with Crippen molar-refractivity contribution in [3.63, 3.8) is 0 Å². The van der Waals surface area contributed by atoms with Gasteiger partial charge in [-0.15, -0.1) is 22.7 Å². The molecule has 0 bridgehead atoms. The largest absolute Gasteiger partial charge is 0.326 e. The van der Waals surface area contributed by atoms with Crippen molar-refractivity contribution in [2.45, 2.75) is 13.3 Å². The SMILES string of the molecule is Cc1ccc2nc(-c3ccc(NC(=O)Cc4csc(NC(=O)c5ccc(Cl)cc5)n4)cc3)sc2c1. The minimum absolute atomic E-state index is 0.103. The van der Waals surface area contributed by atoms with Crippen LogP contribution in [0.4, 0.5) is 10.8 Å². The van der Waals surface area contributed by atoms with Gasteiger partial charge in [-0.1, -0.05) is 17.7 Å². The number of thiazole rings is 2. The van der Waals surface area contributed by atoms with Crippen LogP contribution in [0.15, 0.2) is 72.1 Å². The first-order chi connectivity index (χ1) is 16.9. The van der Waals surface area contributed by atoms with E-state index in [4.69, 9.17) is 16.6 Å². The molecule has 6 nitrogen and oxygen atoms in total. The summed E-state index contributed by atoms with van der Waals surface area (Å²) in [5.74, 6) is -0.468. The predicted molar refractivity (Wildman–Crippen MR) is 144 cm³/mol. The second-order valence-electron chi connectivity index (χ2n) is 7.90. The van der Waals surface area contributed by atoms with Crippen molar-refractivity contribution in [3.8, 4) is 10.6 Å². The normalized spacial score (nSPS) is 10.9. The first-order valence-corrected chi connectivity index (χ1v) is 12.8. The number of aromatic nitrogens is 2. The lowest BCUT2D eigenvalue weighted by Gasteiger charge is -2.05. The average molecular weight is 519 g/mol. The van der Waals surface area contributed by atoms with Crippen molar-refractivity contribution in [1.29, 1.82) is 0 Å². The molecule has 9 heteroatoms. The van der Waals surface area contributed by atoms with Gasteiger partial charge >= 0.3 is 0 Å². The third kappa shape index (κ3) is 5.57. The molecule has 0 radical (unpaired) electrons. The van der Waals surface area contributed by atoms with Crippen LogP contribution in [0.1, 0.15) is 21.6 Å². The van der Waals surface area contributed by atoms with Crippen molar-refractivity contribution < 1.29 is 9.59 Å². The van der Waals surface area contributed by atoms with Gasteiger partial charge in [0.1, 0.15) is 5.01 Å². The zero-order chi connectivity index (χ0) is 24.4. The molecule has 0 unspecified atom stereocenters. The number of amides is 2. The Bertz CT molecular complexity index is 1530. The summed E-state index contributed by atoms with van der Waals surface area (Å²) in [7, 11) is 0. The standard InChI is InChI=1S/C26H19ClN4O2S2/c1-15-2-11-21-22(12-15)35-25(30-21)17-5-9-19(10-6-17)28-23(32)13-20-14-34-26(29-20)31-24(33)16-3-7-18(27)8-4-16/h2-12,14H,13H2,1H3,(H,28,32)(H,29,31,33). The van der Waals surface area contributed by atoms with Gasteiger partial charge in [0.25, 0.3) is 5.91 Å². The number of benzene rings is 3. The zero-order valence-electron chi connectivity index (χ0n) is 18.5. The highest BCUT2D eigenvalue weighted by Gasteiger charge is 2.12. The Balaban J connectivity index is 1.18. The number of nitrogens with zero attached hydrogens (tertiary/aromatic N) is 2. The van der Waals surface area contributed by atoms with Crippen molar-refractivity contribution in [1.82, 2.24) is 9.97 Å². The Morgan fingerprint density at radius 3 is 2.49 bits per heavy atom. The van der Waals surface area contributed by atoms with Gasteiger partial charge in [-0.05, 0) is 73.2 Å². The summed E-state index contributed by atoms with van der Waals surface area (Å²) >= 11 is 8.78. The number of rotatable bonds is 6. The van der Waals surface area contributed by atoms with Crippen LogP contribution in [0, 0.1) is 6.92 Å². The third-order valence-electron chi connectivity index (χ3n) is 5.18. The van der Waals surface area contributed by atoms with Gasteiger partial charge in [0.15, 0.2) is 5.13 Å². The first-order valence-electron chi connectivity index (χ1n) is 10.7. The van der Waals surface area contributed by atoms with Crippen molar-refractivity contribution in [2.24, 2.45) is 0 Å². The van der Waals surface area contributed by atoms with Crippen LogP contribution >= 0.6 is 34.3 Å². The summed E-state index contributed by atoms with van der Waals surface area (Å²) in [6.07, 6.45) is 0.103. The number of hydrogen-bond acceptors (Lipinski definition) is 6. The van der Waals surface area contributed by atoms with E-state index in [-0.39, 0.29) is 18.2 Å². The van der Waals surface area contributed by atoms with E-state index in [1.165, 1.54) is 16.9 Å². The van der Waals surface area contributed by atoms with Crippen molar-refractivity contribution in [2.75, 3.05) is 10.6 Å². The van der Waals surface area contributed by atoms with E-state index < -0.39 is 0 Å². The molecule has 2 N–H and O–H groups in total. The Labute approximate surface area is 214 Å². The van der Waals surface area contributed by atoms with E-state index in [0.717, 1.165) is 20.8 Å². The van der Waals surface area contributed by atoms with Gasteiger partial charge < -0.3 is 5.32 Å². The summed E-state index contributed by atoms with van der Waals surface area (Å²) in [5, 5.41) is 9.33. The number of fused-ring (bicyclic) bond motifs is 1. The lowest BCUT2D eigenvalue weighted by Crippen LogP contribution is -2.15. The van der Waals surface area contributed by atoms with Crippen LogP contribution in [-0.4, -0.2) is 21.8 Å². The minimum atomic E-state index is -0.282. The third-order valence-corrected chi connectivity index (χ3v) is 7.31. The fourth-order valence-electron chi connectivity index (χ4n) is 3.44.